The van der Waals surface area contributed by atoms with Gasteiger partial charge < -0.3 is 24.6 Å². The van der Waals surface area contributed by atoms with Crippen molar-refractivity contribution in [1.29, 1.82) is 0 Å². The third kappa shape index (κ3) is 4.66. The molecule has 2 fully saturated rings. The van der Waals surface area contributed by atoms with Crippen molar-refractivity contribution in [1.82, 2.24) is 20.1 Å². The van der Waals surface area contributed by atoms with E-state index in [0.717, 1.165) is 19.3 Å². The van der Waals surface area contributed by atoms with E-state index in [1.807, 2.05) is 0 Å². The summed E-state index contributed by atoms with van der Waals surface area (Å²) < 4.78 is 10.4. The Morgan fingerprint density at radius 1 is 1.10 bits per heavy atom. The first-order valence-corrected chi connectivity index (χ1v) is 10.4. The van der Waals surface area contributed by atoms with Gasteiger partial charge in [0.25, 0.3) is 5.91 Å². The van der Waals surface area contributed by atoms with Gasteiger partial charge in [-0.05, 0) is 25.3 Å². The van der Waals surface area contributed by atoms with E-state index in [1.165, 1.54) is 14.2 Å². The first kappa shape index (κ1) is 21.9. The van der Waals surface area contributed by atoms with Crippen LogP contribution in [0.3, 0.4) is 0 Å². The number of methoxy groups -OCH3 is 2. The Labute approximate surface area is 176 Å². The van der Waals surface area contributed by atoms with E-state index in [9.17, 15) is 14.4 Å². The van der Waals surface area contributed by atoms with Crippen molar-refractivity contribution in [2.45, 2.75) is 38.6 Å². The van der Waals surface area contributed by atoms with E-state index in [1.54, 1.807) is 28.9 Å². The summed E-state index contributed by atoms with van der Waals surface area (Å²) in [5, 5.41) is 2.96. The van der Waals surface area contributed by atoms with Gasteiger partial charge in [0.05, 0.1) is 20.1 Å². The van der Waals surface area contributed by atoms with Crippen LogP contribution in [0.4, 0.5) is 0 Å². The van der Waals surface area contributed by atoms with Crippen LogP contribution in [0.15, 0.2) is 12.1 Å². The highest BCUT2D eigenvalue weighted by Gasteiger charge is 2.38. The fraction of sp³-hybridized carbons (Fsp3) is 0.619. The topological polar surface area (TPSA) is 101 Å². The maximum atomic E-state index is 13.2. The Kier molecular flexibility index (Phi) is 7.12. The van der Waals surface area contributed by atoms with Crippen LogP contribution in [-0.4, -0.2) is 78.9 Å². The molecule has 1 aliphatic carbocycles. The van der Waals surface area contributed by atoms with Gasteiger partial charge in [0.2, 0.25) is 23.6 Å². The van der Waals surface area contributed by atoms with E-state index in [2.05, 4.69) is 10.3 Å². The number of nitrogens with one attached hydrogen (secondary N) is 1. The van der Waals surface area contributed by atoms with Gasteiger partial charge in [-0.3, -0.25) is 14.4 Å². The SMILES string of the molecule is COc1ccc(C(=O)N2CCCN(C(C)=O)[C@H]3CCC[C@H]3C(=O)NCC2)c(OC)n1. The minimum Gasteiger partial charge on any atom is -0.481 e. The van der Waals surface area contributed by atoms with Gasteiger partial charge in [-0.2, -0.15) is 4.98 Å². The highest BCUT2D eigenvalue weighted by molar-refractivity contribution is 5.96. The zero-order chi connectivity index (χ0) is 21.7. The molecule has 1 saturated carbocycles. The Morgan fingerprint density at radius 2 is 1.90 bits per heavy atom. The lowest BCUT2D eigenvalue weighted by atomic mass is 10.0. The number of aromatic nitrogens is 1. The molecule has 1 aromatic heterocycles. The smallest absolute Gasteiger partial charge is 0.259 e. The van der Waals surface area contributed by atoms with Crippen molar-refractivity contribution >= 4 is 17.7 Å². The average Bonchev–Trinajstić information content (AvgIpc) is 3.22. The summed E-state index contributed by atoms with van der Waals surface area (Å²) in [5.41, 5.74) is 0.333. The number of pyridine rings is 1. The molecular formula is C21H30N4O5. The zero-order valence-corrected chi connectivity index (χ0v) is 17.8. The standard InChI is InChI=1S/C21H30N4O5/c1-14(26)25-12-5-11-24(13-10-22-19(27)15-6-4-7-17(15)25)21(28)16-8-9-18(29-2)23-20(16)30-3/h8-9,15,17H,4-7,10-13H2,1-3H3,(H,22,27)/t15-,17+/m1/s1. The van der Waals surface area contributed by atoms with Crippen LogP contribution in [0.2, 0.25) is 0 Å². The van der Waals surface area contributed by atoms with Crippen molar-refractivity contribution in [3.8, 4) is 11.8 Å². The molecule has 1 aliphatic heterocycles. The lowest BCUT2D eigenvalue weighted by Gasteiger charge is -2.31. The number of fused-ring (bicyclic) bond motifs is 1. The molecule has 0 aromatic carbocycles. The number of rotatable bonds is 3. The molecule has 1 N–H and O–H groups in total. The molecule has 3 rings (SSSR count). The third-order valence-corrected chi connectivity index (χ3v) is 5.88. The summed E-state index contributed by atoms with van der Waals surface area (Å²) in [6.07, 6.45) is 3.21. The molecule has 0 spiro atoms. The molecule has 2 heterocycles. The predicted octanol–water partition coefficient (Wildman–Crippen LogP) is 1.08. The largest absolute Gasteiger partial charge is 0.481 e. The molecule has 164 valence electrons. The van der Waals surface area contributed by atoms with Gasteiger partial charge in [0, 0.05) is 45.2 Å². The molecule has 30 heavy (non-hydrogen) atoms. The summed E-state index contributed by atoms with van der Waals surface area (Å²) in [5.74, 6) is 0.0704. The van der Waals surface area contributed by atoms with Gasteiger partial charge in [-0.15, -0.1) is 0 Å². The number of carbonyl (C=O) groups excluding carboxylic acids is 3. The van der Waals surface area contributed by atoms with Crippen LogP contribution in [0.1, 0.15) is 43.0 Å². The molecule has 1 aromatic rings. The number of hydrogen-bond acceptors (Lipinski definition) is 6. The molecule has 3 amide bonds. The van der Waals surface area contributed by atoms with Gasteiger partial charge in [0.15, 0.2) is 0 Å². The average molecular weight is 418 g/mol. The van der Waals surface area contributed by atoms with Gasteiger partial charge in [0.1, 0.15) is 5.56 Å². The number of carbonyl (C=O) groups is 3. The third-order valence-electron chi connectivity index (χ3n) is 5.88. The minimum absolute atomic E-state index is 0.0298. The van der Waals surface area contributed by atoms with Crippen LogP contribution in [0, 0.1) is 5.92 Å². The zero-order valence-electron chi connectivity index (χ0n) is 17.8. The quantitative estimate of drug-likeness (QED) is 0.788. The van der Waals surface area contributed by atoms with Crippen LogP contribution in [-0.2, 0) is 9.59 Å². The Morgan fingerprint density at radius 3 is 2.60 bits per heavy atom. The number of hydrogen-bond donors (Lipinski definition) is 1. The summed E-state index contributed by atoms with van der Waals surface area (Å²) in [6.45, 7) is 3.26. The van der Waals surface area contributed by atoms with Gasteiger partial charge >= 0.3 is 0 Å². The monoisotopic (exact) mass is 418 g/mol. The molecule has 2 aliphatic rings. The molecule has 0 radical (unpaired) electrons. The fourth-order valence-corrected chi connectivity index (χ4v) is 4.39. The van der Waals surface area contributed by atoms with E-state index in [0.29, 0.717) is 44.0 Å². The molecule has 0 bridgehead atoms. The van der Waals surface area contributed by atoms with Crippen LogP contribution < -0.4 is 14.8 Å². The predicted molar refractivity (Wildman–Crippen MR) is 109 cm³/mol. The Bertz CT molecular complexity index is 800. The highest BCUT2D eigenvalue weighted by Crippen LogP contribution is 2.31. The Hall–Kier alpha value is -2.84. The van der Waals surface area contributed by atoms with Gasteiger partial charge in [-0.25, -0.2) is 0 Å². The second kappa shape index (κ2) is 9.77. The maximum Gasteiger partial charge on any atom is 0.259 e. The van der Waals surface area contributed by atoms with E-state index in [4.69, 9.17) is 9.47 Å². The highest BCUT2D eigenvalue weighted by atomic mass is 16.5. The fourth-order valence-electron chi connectivity index (χ4n) is 4.39. The van der Waals surface area contributed by atoms with Crippen molar-refractivity contribution in [2.75, 3.05) is 40.4 Å². The maximum absolute atomic E-state index is 13.2. The minimum atomic E-state index is -0.231. The number of nitrogens with zero attached hydrogens (tertiary/aromatic N) is 3. The van der Waals surface area contributed by atoms with Crippen molar-refractivity contribution < 1.29 is 23.9 Å². The van der Waals surface area contributed by atoms with Crippen LogP contribution in [0.25, 0.3) is 0 Å². The molecular weight excluding hydrogens is 388 g/mol. The molecule has 2 atom stereocenters. The summed E-state index contributed by atoms with van der Waals surface area (Å²) in [4.78, 5) is 45.8. The first-order chi connectivity index (χ1) is 14.5. The summed E-state index contributed by atoms with van der Waals surface area (Å²) in [7, 11) is 2.95. The van der Waals surface area contributed by atoms with E-state index >= 15 is 0 Å². The first-order valence-electron chi connectivity index (χ1n) is 10.4. The number of ether oxygens (including phenoxy) is 2. The molecule has 0 unspecified atom stereocenters. The van der Waals surface area contributed by atoms with Crippen molar-refractivity contribution in [3.05, 3.63) is 17.7 Å². The normalized spacial score (nSPS) is 22.6. The van der Waals surface area contributed by atoms with Crippen molar-refractivity contribution in [2.24, 2.45) is 5.92 Å². The molecule has 9 nitrogen and oxygen atoms in total. The van der Waals surface area contributed by atoms with Crippen LogP contribution in [0.5, 0.6) is 11.8 Å². The van der Waals surface area contributed by atoms with E-state index in [-0.39, 0.29) is 35.6 Å². The van der Waals surface area contributed by atoms with Gasteiger partial charge in [-0.1, -0.05) is 6.42 Å². The summed E-state index contributed by atoms with van der Waals surface area (Å²) >= 11 is 0. The molecule has 1 saturated heterocycles. The summed E-state index contributed by atoms with van der Waals surface area (Å²) in [6, 6.07) is 3.18. The lowest BCUT2D eigenvalue weighted by Crippen LogP contribution is -2.46. The van der Waals surface area contributed by atoms with Crippen LogP contribution >= 0.6 is 0 Å². The molecule has 9 heteroatoms. The second-order valence-corrected chi connectivity index (χ2v) is 7.66. The second-order valence-electron chi connectivity index (χ2n) is 7.66. The Balaban J connectivity index is 1.80. The van der Waals surface area contributed by atoms with E-state index < -0.39 is 0 Å². The van der Waals surface area contributed by atoms with Crippen molar-refractivity contribution in [3.63, 3.8) is 0 Å². The number of amides is 3. The lowest BCUT2D eigenvalue weighted by molar-refractivity contribution is -0.134.